The van der Waals surface area contributed by atoms with Crippen LogP contribution in [0.4, 0.5) is 0 Å². The standard InChI is InChI=1S/C67H114O5/c1-4-7-10-13-16-19-22-25-28-31-33-35-38-41-44-47-50-53-56-59-62-70-63-65(72-67(69)61-58-55-52-49-46-43-40-36-30-27-24-21-18-15-12-9-6-3)64-71-66(68)60-57-54-51-48-45-42-39-37-34-32-29-26-23-20-17-14-11-8-5-2/h7,10,16-21,25-30,33-35,37,65H,4-6,8-9,11-15,22-24,31-32,36,38-64H2,1-3H3/b10-7-,19-16-,20-17-,21-18-,28-25-,29-26-,30-27-,35-33-,37-34-. The van der Waals surface area contributed by atoms with E-state index in [-0.39, 0.29) is 25.2 Å². The maximum atomic E-state index is 12.9. The van der Waals surface area contributed by atoms with Crippen molar-refractivity contribution >= 4 is 11.9 Å². The molecule has 0 aliphatic rings. The lowest BCUT2D eigenvalue weighted by Crippen LogP contribution is -2.30. The zero-order chi connectivity index (χ0) is 52.0. The fraction of sp³-hybridized carbons (Fsp3) is 0.701. The van der Waals surface area contributed by atoms with E-state index in [1.807, 2.05) is 0 Å². The van der Waals surface area contributed by atoms with Crippen molar-refractivity contribution in [2.75, 3.05) is 19.8 Å². The van der Waals surface area contributed by atoms with E-state index >= 15 is 0 Å². The van der Waals surface area contributed by atoms with Gasteiger partial charge < -0.3 is 14.2 Å². The van der Waals surface area contributed by atoms with Crippen molar-refractivity contribution in [2.24, 2.45) is 0 Å². The molecule has 0 heterocycles. The van der Waals surface area contributed by atoms with Crippen LogP contribution in [0.1, 0.15) is 278 Å². The van der Waals surface area contributed by atoms with E-state index in [1.54, 1.807) is 0 Å². The highest BCUT2D eigenvalue weighted by atomic mass is 16.6. The Kier molecular flexibility index (Phi) is 58.9. The topological polar surface area (TPSA) is 61.8 Å². The summed E-state index contributed by atoms with van der Waals surface area (Å²) in [6.45, 7) is 7.63. The number of unbranched alkanes of at least 4 members (excludes halogenated alkanes) is 26. The number of carbonyl (C=O) groups excluding carboxylic acids is 2. The van der Waals surface area contributed by atoms with E-state index in [1.165, 1.54) is 141 Å². The molecular formula is C67H114O5. The van der Waals surface area contributed by atoms with Gasteiger partial charge in [0.25, 0.3) is 0 Å². The highest BCUT2D eigenvalue weighted by molar-refractivity contribution is 5.70. The van der Waals surface area contributed by atoms with Crippen LogP contribution in [0.3, 0.4) is 0 Å². The largest absolute Gasteiger partial charge is 0.462 e. The molecule has 0 amide bonds. The normalized spacial score (nSPS) is 13.0. The molecule has 1 atom stereocenters. The first-order valence-corrected chi connectivity index (χ1v) is 30.4. The Balaban J connectivity index is 4.36. The predicted molar refractivity (Wildman–Crippen MR) is 316 cm³/mol. The van der Waals surface area contributed by atoms with Crippen LogP contribution in [0.5, 0.6) is 0 Å². The number of rotatable bonds is 55. The molecule has 5 heteroatoms. The summed E-state index contributed by atoms with van der Waals surface area (Å²) in [6, 6.07) is 0. The van der Waals surface area contributed by atoms with E-state index in [9.17, 15) is 9.59 Å². The third-order valence-electron chi connectivity index (χ3n) is 12.8. The summed E-state index contributed by atoms with van der Waals surface area (Å²) >= 11 is 0. The van der Waals surface area contributed by atoms with E-state index in [0.717, 1.165) is 103 Å². The second-order valence-corrected chi connectivity index (χ2v) is 19.9. The third-order valence-corrected chi connectivity index (χ3v) is 12.8. The van der Waals surface area contributed by atoms with Gasteiger partial charge in [-0.2, -0.15) is 0 Å². The van der Waals surface area contributed by atoms with Crippen molar-refractivity contribution in [3.8, 4) is 0 Å². The van der Waals surface area contributed by atoms with Gasteiger partial charge in [-0.3, -0.25) is 9.59 Å². The van der Waals surface area contributed by atoms with Crippen LogP contribution in [0.2, 0.25) is 0 Å². The van der Waals surface area contributed by atoms with Gasteiger partial charge >= 0.3 is 11.9 Å². The van der Waals surface area contributed by atoms with Crippen LogP contribution in [-0.4, -0.2) is 37.9 Å². The molecule has 412 valence electrons. The van der Waals surface area contributed by atoms with Gasteiger partial charge in [0.05, 0.1) is 6.61 Å². The van der Waals surface area contributed by atoms with Gasteiger partial charge in [-0.25, -0.2) is 0 Å². The van der Waals surface area contributed by atoms with Crippen LogP contribution < -0.4 is 0 Å². The molecule has 0 rings (SSSR count). The Morgan fingerprint density at radius 1 is 0.319 bits per heavy atom. The maximum Gasteiger partial charge on any atom is 0.306 e. The quantitative estimate of drug-likeness (QED) is 0.0345. The molecule has 0 saturated heterocycles. The summed E-state index contributed by atoms with van der Waals surface area (Å²) in [7, 11) is 0. The molecule has 0 saturated carbocycles. The summed E-state index contributed by atoms with van der Waals surface area (Å²) in [6.07, 6.45) is 85.4. The van der Waals surface area contributed by atoms with Gasteiger partial charge in [0.2, 0.25) is 0 Å². The predicted octanol–water partition coefficient (Wildman–Crippen LogP) is 21.1. The summed E-state index contributed by atoms with van der Waals surface area (Å²) < 4.78 is 17.5. The summed E-state index contributed by atoms with van der Waals surface area (Å²) in [5.41, 5.74) is 0. The molecule has 0 spiro atoms. The second-order valence-electron chi connectivity index (χ2n) is 19.9. The molecule has 0 N–H and O–H groups in total. The van der Waals surface area contributed by atoms with Crippen molar-refractivity contribution in [3.63, 3.8) is 0 Å². The Bertz CT molecular complexity index is 1410. The van der Waals surface area contributed by atoms with E-state index in [2.05, 4.69) is 130 Å². The van der Waals surface area contributed by atoms with Crippen molar-refractivity contribution in [1.82, 2.24) is 0 Å². The van der Waals surface area contributed by atoms with Crippen molar-refractivity contribution in [1.29, 1.82) is 0 Å². The second kappa shape index (κ2) is 61.9. The zero-order valence-electron chi connectivity index (χ0n) is 47.4. The number of ether oxygens (including phenoxy) is 3. The molecule has 0 aliphatic heterocycles. The first kappa shape index (κ1) is 68.6. The Morgan fingerprint density at radius 3 is 1.00 bits per heavy atom. The minimum Gasteiger partial charge on any atom is -0.462 e. The lowest BCUT2D eigenvalue weighted by molar-refractivity contribution is -0.163. The molecule has 0 radical (unpaired) electrons. The lowest BCUT2D eigenvalue weighted by atomic mass is 10.1. The van der Waals surface area contributed by atoms with Crippen molar-refractivity contribution < 1.29 is 23.8 Å². The average molecular weight is 1000 g/mol. The fourth-order valence-corrected chi connectivity index (χ4v) is 8.24. The molecule has 0 bridgehead atoms. The fourth-order valence-electron chi connectivity index (χ4n) is 8.24. The number of esters is 2. The van der Waals surface area contributed by atoms with Gasteiger partial charge in [0.1, 0.15) is 6.61 Å². The van der Waals surface area contributed by atoms with Crippen LogP contribution in [0, 0.1) is 0 Å². The number of carbonyl (C=O) groups is 2. The number of hydrogen-bond acceptors (Lipinski definition) is 5. The van der Waals surface area contributed by atoms with Crippen LogP contribution in [-0.2, 0) is 23.8 Å². The Hall–Kier alpha value is -3.44. The van der Waals surface area contributed by atoms with E-state index in [0.29, 0.717) is 19.4 Å². The van der Waals surface area contributed by atoms with Crippen LogP contribution in [0.15, 0.2) is 109 Å². The summed E-state index contributed by atoms with van der Waals surface area (Å²) in [5, 5.41) is 0. The molecule has 0 aromatic rings. The molecule has 0 aromatic carbocycles. The molecule has 0 fully saturated rings. The lowest BCUT2D eigenvalue weighted by Gasteiger charge is -2.18. The monoisotopic (exact) mass is 999 g/mol. The van der Waals surface area contributed by atoms with Gasteiger partial charge in [-0.05, 0) is 128 Å². The van der Waals surface area contributed by atoms with Gasteiger partial charge in [-0.15, -0.1) is 0 Å². The minimum atomic E-state index is -0.560. The van der Waals surface area contributed by atoms with E-state index in [4.69, 9.17) is 14.2 Å². The smallest absolute Gasteiger partial charge is 0.306 e. The number of hydrogen-bond donors (Lipinski definition) is 0. The van der Waals surface area contributed by atoms with Crippen LogP contribution in [0.25, 0.3) is 0 Å². The van der Waals surface area contributed by atoms with E-state index < -0.39 is 6.10 Å². The molecular weight excluding hydrogens is 885 g/mol. The first-order chi connectivity index (χ1) is 35.6. The minimum absolute atomic E-state index is 0.0654. The Morgan fingerprint density at radius 2 is 0.625 bits per heavy atom. The molecule has 1 unspecified atom stereocenters. The average Bonchev–Trinajstić information content (AvgIpc) is 3.38. The highest BCUT2D eigenvalue weighted by Crippen LogP contribution is 2.14. The number of allylic oxidation sites excluding steroid dienone is 18. The molecule has 5 nitrogen and oxygen atoms in total. The highest BCUT2D eigenvalue weighted by Gasteiger charge is 2.17. The molecule has 0 aromatic heterocycles. The maximum absolute atomic E-state index is 12.9. The SMILES string of the molecule is CC/C=C\C/C=C\C/C=C\C/C=C\CCCCCCCCCOCC(COC(=O)CCCCCCCC/C=C\C/C=C\C/C=C\CCCCC)OC(=O)CCCCCCCCC/C=C\C/C=C\CCCCC. The van der Waals surface area contributed by atoms with Gasteiger partial charge in [-0.1, -0.05) is 246 Å². The zero-order valence-corrected chi connectivity index (χ0v) is 47.4. The first-order valence-electron chi connectivity index (χ1n) is 30.4. The Labute approximate surface area is 446 Å². The van der Waals surface area contributed by atoms with Crippen molar-refractivity contribution in [3.05, 3.63) is 109 Å². The van der Waals surface area contributed by atoms with Crippen LogP contribution >= 0.6 is 0 Å². The third kappa shape index (κ3) is 59.1. The van der Waals surface area contributed by atoms with Gasteiger partial charge in [0, 0.05) is 19.4 Å². The summed E-state index contributed by atoms with van der Waals surface area (Å²) in [5.74, 6) is -0.425. The van der Waals surface area contributed by atoms with Crippen molar-refractivity contribution in [2.45, 2.75) is 284 Å². The van der Waals surface area contributed by atoms with Gasteiger partial charge in [0.15, 0.2) is 6.10 Å². The molecule has 0 aliphatic carbocycles. The summed E-state index contributed by atoms with van der Waals surface area (Å²) in [4.78, 5) is 25.6. The molecule has 72 heavy (non-hydrogen) atoms.